The Morgan fingerprint density at radius 3 is 1.74 bits per heavy atom. The van der Waals surface area contributed by atoms with Gasteiger partial charge >= 0.3 is 23.9 Å². The quantitative estimate of drug-likeness (QED) is 0.453. The van der Waals surface area contributed by atoms with Crippen LogP contribution in [0, 0.1) is 0 Å². The van der Waals surface area contributed by atoms with Crippen LogP contribution in [0.3, 0.4) is 0 Å². The lowest BCUT2D eigenvalue weighted by Crippen LogP contribution is -2.66. The molecule has 0 radical (unpaired) electrons. The van der Waals surface area contributed by atoms with Gasteiger partial charge in [0.15, 0.2) is 12.2 Å². The molecule has 0 spiro atoms. The lowest BCUT2D eigenvalue weighted by molar-refractivity contribution is -0.270. The molecule has 1 heterocycles. The Morgan fingerprint density at radius 2 is 1.30 bits per heavy atom. The molecule has 1 rings (SSSR count). The number of carbonyl (C=O) groups is 5. The summed E-state index contributed by atoms with van der Waals surface area (Å²) in [4.78, 5) is 57.2. The lowest BCUT2D eigenvalue weighted by atomic mass is 9.96. The minimum absolute atomic E-state index is 0.365. The molecule has 0 saturated carbocycles. The predicted octanol–water partition coefficient (Wildman–Crippen LogP) is -0.794. The monoisotopic (exact) mass is 389 g/mol. The van der Waals surface area contributed by atoms with Crippen molar-refractivity contribution in [2.75, 3.05) is 6.61 Å². The standard InChI is InChI=1S/C16H23NO10/c1-7(18)17-13-15(25-10(4)21)14(24-9(3)20)12(6-23-8(2)19)27-16(13)26-11(5)22/h12-16H,6H2,1-5H3,(H,17,18)/t12-,13+,14-,15-,16?/m1/s1. The third-order valence-electron chi connectivity index (χ3n) is 3.35. The Hall–Kier alpha value is -2.69. The third kappa shape index (κ3) is 7.21. The minimum Gasteiger partial charge on any atom is -0.463 e. The molecule has 27 heavy (non-hydrogen) atoms. The van der Waals surface area contributed by atoms with Crippen LogP contribution in [0.25, 0.3) is 0 Å². The summed E-state index contributed by atoms with van der Waals surface area (Å²) < 4.78 is 25.9. The Bertz CT molecular complexity index is 604. The first-order valence-corrected chi connectivity index (χ1v) is 8.08. The molecule has 1 amide bonds. The molecule has 0 bridgehead atoms. The van der Waals surface area contributed by atoms with Gasteiger partial charge in [0, 0.05) is 34.6 Å². The fraction of sp³-hybridized carbons (Fsp3) is 0.688. The van der Waals surface area contributed by atoms with Crippen LogP contribution in [0.15, 0.2) is 0 Å². The van der Waals surface area contributed by atoms with Gasteiger partial charge in [-0.05, 0) is 0 Å². The molecule has 1 aliphatic rings. The smallest absolute Gasteiger partial charge is 0.305 e. The zero-order chi connectivity index (χ0) is 20.7. The summed E-state index contributed by atoms with van der Waals surface area (Å²) in [7, 11) is 0. The summed E-state index contributed by atoms with van der Waals surface area (Å²) in [6.07, 6.45) is -4.97. The molecule has 5 atom stereocenters. The Morgan fingerprint density at radius 1 is 0.778 bits per heavy atom. The van der Waals surface area contributed by atoms with E-state index >= 15 is 0 Å². The average Bonchev–Trinajstić information content (AvgIpc) is 2.49. The second kappa shape index (κ2) is 9.86. The molecule has 0 aromatic heterocycles. The zero-order valence-corrected chi connectivity index (χ0v) is 15.7. The molecule has 1 N–H and O–H groups in total. The number of esters is 4. The Labute approximate surface area is 155 Å². The maximum atomic E-state index is 11.6. The summed E-state index contributed by atoms with van der Waals surface area (Å²) in [5.74, 6) is -3.34. The molecule has 1 aliphatic heterocycles. The summed E-state index contributed by atoms with van der Waals surface area (Å²) in [6.45, 7) is 5.36. The van der Waals surface area contributed by atoms with Gasteiger partial charge in [-0.2, -0.15) is 0 Å². The summed E-state index contributed by atoms with van der Waals surface area (Å²) >= 11 is 0. The molecule has 11 nitrogen and oxygen atoms in total. The maximum Gasteiger partial charge on any atom is 0.305 e. The van der Waals surface area contributed by atoms with E-state index in [0.29, 0.717) is 0 Å². The van der Waals surface area contributed by atoms with Crippen molar-refractivity contribution < 1.29 is 47.7 Å². The first-order chi connectivity index (χ1) is 12.5. The third-order valence-corrected chi connectivity index (χ3v) is 3.35. The van der Waals surface area contributed by atoms with E-state index in [1.807, 2.05) is 0 Å². The number of rotatable bonds is 6. The first-order valence-electron chi connectivity index (χ1n) is 8.08. The second-order valence-corrected chi connectivity index (χ2v) is 5.83. The van der Waals surface area contributed by atoms with E-state index in [1.54, 1.807) is 0 Å². The number of carbonyl (C=O) groups excluding carboxylic acids is 5. The molecular weight excluding hydrogens is 366 g/mol. The fourth-order valence-corrected chi connectivity index (χ4v) is 2.55. The number of amides is 1. The van der Waals surface area contributed by atoms with E-state index in [4.69, 9.17) is 23.7 Å². The Balaban J connectivity index is 3.29. The number of hydrogen-bond acceptors (Lipinski definition) is 10. The summed E-state index contributed by atoms with van der Waals surface area (Å²) in [5.41, 5.74) is 0. The molecule has 0 aromatic rings. The number of ether oxygens (including phenoxy) is 5. The van der Waals surface area contributed by atoms with Crippen LogP contribution >= 0.6 is 0 Å². The van der Waals surface area contributed by atoms with Crippen molar-refractivity contribution >= 4 is 29.8 Å². The van der Waals surface area contributed by atoms with Crippen LogP contribution in [-0.2, 0) is 47.7 Å². The molecule has 1 fully saturated rings. The highest BCUT2D eigenvalue weighted by Crippen LogP contribution is 2.28. The Kier molecular flexibility index (Phi) is 8.16. The normalized spacial score (nSPS) is 27.1. The van der Waals surface area contributed by atoms with Crippen molar-refractivity contribution in [3.63, 3.8) is 0 Å². The van der Waals surface area contributed by atoms with Crippen LogP contribution in [0.2, 0.25) is 0 Å². The molecule has 0 aromatic carbocycles. The van der Waals surface area contributed by atoms with Gasteiger partial charge in [-0.3, -0.25) is 24.0 Å². The van der Waals surface area contributed by atoms with E-state index < -0.39 is 60.4 Å². The fourth-order valence-electron chi connectivity index (χ4n) is 2.55. The van der Waals surface area contributed by atoms with Gasteiger partial charge in [-0.1, -0.05) is 0 Å². The molecule has 152 valence electrons. The van der Waals surface area contributed by atoms with Crippen LogP contribution in [-0.4, -0.2) is 67.0 Å². The van der Waals surface area contributed by atoms with Crippen molar-refractivity contribution in [2.45, 2.75) is 65.3 Å². The van der Waals surface area contributed by atoms with E-state index in [9.17, 15) is 24.0 Å². The van der Waals surface area contributed by atoms with Gasteiger partial charge in [0.1, 0.15) is 18.8 Å². The highest BCUT2D eigenvalue weighted by molar-refractivity contribution is 5.74. The van der Waals surface area contributed by atoms with Gasteiger partial charge < -0.3 is 29.0 Å². The number of nitrogens with one attached hydrogen (secondary N) is 1. The van der Waals surface area contributed by atoms with E-state index in [1.165, 1.54) is 6.92 Å². The SMILES string of the molecule is CC(=O)N[C@@H]1C(OC(C)=O)O[C@H](COC(C)=O)[C@@H](OC(C)=O)[C@@H]1OC(C)=O. The van der Waals surface area contributed by atoms with Crippen LogP contribution in [0.5, 0.6) is 0 Å². The first kappa shape index (κ1) is 22.4. The highest BCUT2D eigenvalue weighted by Gasteiger charge is 2.52. The summed E-state index contributed by atoms with van der Waals surface area (Å²) in [5, 5.41) is 2.46. The van der Waals surface area contributed by atoms with Gasteiger partial charge in [-0.15, -0.1) is 0 Å². The maximum absolute atomic E-state index is 11.6. The van der Waals surface area contributed by atoms with Gasteiger partial charge in [0.25, 0.3) is 0 Å². The molecule has 11 heteroatoms. The van der Waals surface area contributed by atoms with Crippen molar-refractivity contribution in [3.05, 3.63) is 0 Å². The predicted molar refractivity (Wildman–Crippen MR) is 85.8 cm³/mol. The highest BCUT2D eigenvalue weighted by atomic mass is 16.7. The van der Waals surface area contributed by atoms with Crippen molar-refractivity contribution in [3.8, 4) is 0 Å². The van der Waals surface area contributed by atoms with Crippen molar-refractivity contribution in [2.24, 2.45) is 0 Å². The van der Waals surface area contributed by atoms with Crippen LogP contribution in [0.4, 0.5) is 0 Å². The van der Waals surface area contributed by atoms with E-state index in [-0.39, 0.29) is 6.61 Å². The van der Waals surface area contributed by atoms with E-state index in [0.717, 1.165) is 27.7 Å². The molecular formula is C16H23NO10. The average molecular weight is 389 g/mol. The molecule has 1 unspecified atom stereocenters. The van der Waals surface area contributed by atoms with Gasteiger partial charge in [-0.25, -0.2) is 0 Å². The van der Waals surface area contributed by atoms with E-state index in [2.05, 4.69) is 5.32 Å². The van der Waals surface area contributed by atoms with Crippen LogP contribution in [0.1, 0.15) is 34.6 Å². The van der Waals surface area contributed by atoms with Crippen LogP contribution < -0.4 is 5.32 Å². The topological polar surface area (TPSA) is 144 Å². The lowest BCUT2D eigenvalue weighted by Gasteiger charge is -2.44. The van der Waals surface area contributed by atoms with Crippen molar-refractivity contribution in [1.29, 1.82) is 0 Å². The zero-order valence-electron chi connectivity index (χ0n) is 15.7. The molecule has 1 saturated heterocycles. The van der Waals surface area contributed by atoms with Gasteiger partial charge in [0.05, 0.1) is 0 Å². The molecule has 0 aliphatic carbocycles. The largest absolute Gasteiger partial charge is 0.463 e. The number of hydrogen-bond donors (Lipinski definition) is 1. The second-order valence-electron chi connectivity index (χ2n) is 5.83. The van der Waals surface area contributed by atoms with Gasteiger partial charge in [0.2, 0.25) is 12.2 Å². The summed E-state index contributed by atoms with van der Waals surface area (Å²) in [6, 6.07) is -1.16. The van der Waals surface area contributed by atoms with Crippen molar-refractivity contribution in [1.82, 2.24) is 5.32 Å². The minimum atomic E-state index is -1.37.